The van der Waals surface area contributed by atoms with Gasteiger partial charge in [-0.1, -0.05) is 18.2 Å². The molecule has 1 aliphatic carbocycles. The van der Waals surface area contributed by atoms with E-state index in [1.807, 2.05) is 0 Å². The zero-order chi connectivity index (χ0) is 14.9. The van der Waals surface area contributed by atoms with E-state index < -0.39 is 0 Å². The number of anilines is 1. The van der Waals surface area contributed by atoms with Gasteiger partial charge in [-0.25, -0.2) is 4.79 Å². The smallest absolute Gasteiger partial charge is 0.315 e. The molecule has 118 valence electrons. The second-order valence-electron chi connectivity index (χ2n) is 6.74. The summed E-state index contributed by atoms with van der Waals surface area (Å²) in [5.74, 6) is 0. The summed E-state index contributed by atoms with van der Waals surface area (Å²) in [7, 11) is 0. The van der Waals surface area contributed by atoms with Crippen LogP contribution in [0.15, 0.2) is 18.2 Å². The van der Waals surface area contributed by atoms with E-state index in [0.717, 1.165) is 51.9 Å². The number of amides is 2. The monoisotopic (exact) mass is 300 g/mol. The Morgan fingerprint density at radius 1 is 1.23 bits per heavy atom. The first-order valence-electron chi connectivity index (χ1n) is 8.42. The van der Waals surface area contributed by atoms with E-state index in [1.165, 1.54) is 16.8 Å². The number of benzene rings is 1. The van der Waals surface area contributed by atoms with E-state index in [2.05, 4.69) is 39.0 Å². The van der Waals surface area contributed by atoms with Crippen molar-refractivity contribution >= 4 is 11.7 Å². The molecule has 2 fully saturated rings. The Kier molecular flexibility index (Phi) is 3.66. The average Bonchev–Trinajstić information content (AvgIpc) is 3.00. The maximum absolute atomic E-state index is 11.8. The van der Waals surface area contributed by atoms with Crippen molar-refractivity contribution in [3.63, 3.8) is 0 Å². The van der Waals surface area contributed by atoms with E-state index in [1.54, 1.807) is 0 Å². The summed E-state index contributed by atoms with van der Waals surface area (Å²) < 4.78 is 0. The van der Waals surface area contributed by atoms with Crippen molar-refractivity contribution in [2.75, 3.05) is 25.0 Å². The van der Waals surface area contributed by atoms with Gasteiger partial charge in [-0.3, -0.25) is 4.90 Å². The third-order valence-electron chi connectivity index (χ3n) is 4.85. The molecule has 3 aliphatic rings. The number of fused-ring (bicyclic) bond motifs is 1. The molecule has 5 heteroatoms. The highest BCUT2D eigenvalue weighted by Crippen LogP contribution is 2.28. The van der Waals surface area contributed by atoms with Crippen LogP contribution in [-0.2, 0) is 13.0 Å². The lowest BCUT2D eigenvalue weighted by atomic mass is 10.1. The molecule has 2 heterocycles. The van der Waals surface area contributed by atoms with Crippen molar-refractivity contribution in [3.8, 4) is 0 Å². The number of rotatable bonds is 4. The summed E-state index contributed by atoms with van der Waals surface area (Å²) in [6, 6.07) is 7.32. The Labute approximate surface area is 131 Å². The van der Waals surface area contributed by atoms with E-state index in [0.29, 0.717) is 6.04 Å². The van der Waals surface area contributed by atoms with Crippen molar-refractivity contribution in [3.05, 3.63) is 29.3 Å². The molecule has 3 N–H and O–H groups in total. The lowest BCUT2D eigenvalue weighted by molar-refractivity contribution is 0.235. The fourth-order valence-electron chi connectivity index (χ4n) is 3.52. The minimum Gasteiger partial charge on any atom is -0.384 e. The topological polar surface area (TPSA) is 56.4 Å². The van der Waals surface area contributed by atoms with Gasteiger partial charge in [0.2, 0.25) is 0 Å². The molecule has 1 aromatic rings. The number of carbonyl (C=O) groups excluding carboxylic acids is 1. The van der Waals surface area contributed by atoms with Gasteiger partial charge in [0, 0.05) is 44.0 Å². The minimum absolute atomic E-state index is 0.0108. The molecule has 0 spiro atoms. The fourth-order valence-corrected chi connectivity index (χ4v) is 3.52. The maximum Gasteiger partial charge on any atom is 0.315 e. The van der Waals surface area contributed by atoms with Gasteiger partial charge in [0.05, 0.1) is 0 Å². The largest absolute Gasteiger partial charge is 0.384 e. The quantitative estimate of drug-likeness (QED) is 0.793. The van der Waals surface area contributed by atoms with Crippen LogP contribution in [0.1, 0.15) is 30.4 Å². The molecule has 0 aromatic heterocycles. The zero-order valence-electron chi connectivity index (χ0n) is 12.9. The highest BCUT2D eigenvalue weighted by Gasteiger charge is 2.28. The van der Waals surface area contributed by atoms with Gasteiger partial charge < -0.3 is 16.0 Å². The van der Waals surface area contributed by atoms with Gasteiger partial charge >= 0.3 is 6.03 Å². The third-order valence-corrected chi connectivity index (χ3v) is 4.85. The van der Waals surface area contributed by atoms with Crippen molar-refractivity contribution in [2.45, 2.75) is 44.3 Å². The van der Waals surface area contributed by atoms with Crippen molar-refractivity contribution in [1.29, 1.82) is 0 Å². The summed E-state index contributed by atoms with van der Waals surface area (Å²) in [6.07, 6.45) is 4.45. The molecule has 0 bridgehead atoms. The normalized spacial score (nSPS) is 23.9. The van der Waals surface area contributed by atoms with Crippen LogP contribution in [0.25, 0.3) is 0 Å². The van der Waals surface area contributed by atoms with Crippen LogP contribution in [-0.4, -0.2) is 42.6 Å². The molecule has 2 aliphatic heterocycles. The number of likely N-dealkylation sites (tertiary alicyclic amines) is 1. The lowest BCUT2D eigenvalue weighted by Crippen LogP contribution is -2.44. The number of carbonyl (C=O) groups is 1. The molecule has 1 aromatic carbocycles. The Balaban J connectivity index is 1.31. The summed E-state index contributed by atoms with van der Waals surface area (Å²) in [5, 5.41) is 9.62. The van der Waals surface area contributed by atoms with Gasteiger partial charge in [-0.15, -0.1) is 0 Å². The molecule has 1 atom stereocenters. The number of nitrogens with one attached hydrogen (secondary N) is 3. The second-order valence-corrected chi connectivity index (χ2v) is 6.74. The Morgan fingerprint density at radius 3 is 2.95 bits per heavy atom. The molecule has 1 saturated carbocycles. The van der Waals surface area contributed by atoms with E-state index in [-0.39, 0.29) is 12.1 Å². The van der Waals surface area contributed by atoms with Crippen LogP contribution < -0.4 is 16.0 Å². The van der Waals surface area contributed by atoms with E-state index in [4.69, 9.17) is 0 Å². The number of hydrogen-bond donors (Lipinski definition) is 3. The number of hydrogen-bond acceptors (Lipinski definition) is 3. The van der Waals surface area contributed by atoms with Gasteiger partial charge in [-0.05, 0) is 36.8 Å². The van der Waals surface area contributed by atoms with Gasteiger partial charge in [0.15, 0.2) is 0 Å². The Morgan fingerprint density at radius 2 is 2.09 bits per heavy atom. The van der Waals surface area contributed by atoms with E-state index in [9.17, 15) is 4.79 Å². The molecule has 1 saturated heterocycles. The Hall–Kier alpha value is -1.75. The molecule has 22 heavy (non-hydrogen) atoms. The number of nitrogens with zero attached hydrogens (tertiary/aromatic N) is 1. The van der Waals surface area contributed by atoms with Crippen molar-refractivity contribution in [1.82, 2.24) is 15.5 Å². The maximum atomic E-state index is 11.8. The third kappa shape index (κ3) is 3.04. The zero-order valence-corrected chi connectivity index (χ0v) is 12.9. The van der Waals surface area contributed by atoms with Crippen LogP contribution in [0, 0.1) is 0 Å². The van der Waals surface area contributed by atoms with Gasteiger partial charge in [-0.2, -0.15) is 0 Å². The number of para-hydroxylation sites is 1. The first-order valence-corrected chi connectivity index (χ1v) is 8.42. The summed E-state index contributed by atoms with van der Waals surface area (Å²) in [4.78, 5) is 14.3. The second kappa shape index (κ2) is 5.80. The standard InChI is InChI=1S/C17H24N4O/c22-17(19-14-4-5-14)20-15-7-9-21(11-15)10-13-3-1-2-12-6-8-18-16(12)13/h1-3,14-15,18H,4-11H2,(H2,19,20,22). The predicted octanol–water partition coefficient (Wildman–Crippen LogP) is 1.69. The van der Waals surface area contributed by atoms with E-state index >= 15 is 0 Å². The van der Waals surface area contributed by atoms with Crippen molar-refractivity contribution in [2.24, 2.45) is 0 Å². The van der Waals surface area contributed by atoms with Gasteiger partial charge in [0.25, 0.3) is 0 Å². The van der Waals surface area contributed by atoms with Crippen molar-refractivity contribution < 1.29 is 4.79 Å². The highest BCUT2D eigenvalue weighted by molar-refractivity contribution is 5.75. The first kappa shape index (κ1) is 13.9. The average molecular weight is 300 g/mol. The molecule has 0 radical (unpaired) electrons. The van der Waals surface area contributed by atoms with Crippen LogP contribution in [0.3, 0.4) is 0 Å². The highest BCUT2D eigenvalue weighted by atomic mass is 16.2. The SMILES string of the molecule is O=C(NC1CC1)NC1CCN(Cc2cccc3c2NCC3)C1. The molecule has 2 amide bonds. The van der Waals surface area contributed by atoms with Crippen LogP contribution >= 0.6 is 0 Å². The number of urea groups is 1. The molecular weight excluding hydrogens is 276 g/mol. The minimum atomic E-state index is 0.0108. The van der Waals surface area contributed by atoms with Crippen LogP contribution in [0.4, 0.5) is 10.5 Å². The Bertz CT molecular complexity index is 570. The van der Waals surface area contributed by atoms with Crippen LogP contribution in [0.5, 0.6) is 0 Å². The molecule has 5 nitrogen and oxygen atoms in total. The molecular formula is C17H24N4O. The summed E-state index contributed by atoms with van der Waals surface area (Å²) >= 11 is 0. The molecule has 1 unspecified atom stereocenters. The molecule has 4 rings (SSSR count). The van der Waals surface area contributed by atoms with Gasteiger partial charge in [0.1, 0.15) is 0 Å². The summed E-state index contributed by atoms with van der Waals surface area (Å²) in [6.45, 7) is 4.02. The predicted molar refractivity (Wildman–Crippen MR) is 87.0 cm³/mol. The van der Waals surface area contributed by atoms with Crippen LogP contribution in [0.2, 0.25) is 0 Å². The summed E-state index contributed by atoms with van der Waals surface area (Å²) in [5.41, 5.74) is 4.17. The lowest BCUT2D eigenvalue weighted by Gasteiger charge is -2.19. The fraction of sp³-hybridized carbons (Fsp3) is 0.588. The first-order chi connectivity index (χ1) is 10.8.